The number of methoxy groups -OCH3 is 1. The maximum Gasteiger partial charge on any atom is 0.255 e. The molecule has 0 bridgehead atoms. The van der Waals surface area contributed by atoms with Crippen molar-refractivity contribution >= 4 is 29.0 Å². The van der Waals surface area contributed by atoms with Gasteiger partial charge in [0.15, 0.2) is 0 Å². The van der Waals surface area contributed by atoms with Crippen LogP contribution >= 0.6 is 0 Å². The number of aliphatic hydroxyl groups excluding tert-OH is 1. The highest BCUT2D eigenvalue weighted by molar-refractivity contribution is 6.05. The van der Waals surface area contributed by atoms with Crippen LogP contribution in [0, 0.1) is 0 Å². The molecule has 0 aliphatic carbocycles. The molecule has 0 aliphatic rings. The van der Waals surface area contributed by atoms with Crippen LogP contribution < -0.4 is 10.1 Å². The number of ether oxygens (including phenoxy) is 1. The van der Waals surface area contributed by atoms with Crippen molar-refractivity contribution in [1.29, 1.82) is 0 Å². The summed E-state index contributed by atoms with van der Waals surface area (Å²) in [6.07, 6.45) is 7.21. The van der Waals surface area contributed by atoms with Gasteiger partial charge in [0.25, 0.3) is 5.91 Å². The van der Waals surface area contributed by atoms with E-state index in [4.69, 9.17) is 4.74 Å². The van der Waals surface area contributed by atoms with Gasteiger partial charge in [-0.1, -0.05) is 42.5 Å². The zero-order chi connectivity index (χ0) is 21.6. The molecule has 31 heavy (non-hydrogen) atoms. The Morgan fingerprint density at radius 1 is 1.16 bits per heavy atom. The summed E-state index contributed by atoms with van der Waals surface area (Å²) in [4.78, 5) is 17.2. The molecule has 1 amide bonds. The second-order valence-electron chi connectivity index (χ2n) is 6.92. The third-order valence-corrected chi connectivity index (χ3v) is 4.97. The minimum absolute atomic E-state index is 0.217. The Bertz CT molecular complexity index is 1200. The Balaban J connectivity index is 1.68. The fraction of sp³-hybridized carbons (Fsp3) is 0.125. The van der Waals surface area contributed by atoms with Crippen LogP contribution in [0.2, 0.25) is 0 Å². The Hall–Kier alpha value is -3.97. The normalized spacial score (nSPS) is 12.2. The number of carbonyl (C=O) groups excluding carboxylic acids is 1. The number of hydrogen-bond donors (Lipinski definition) is 3. The molecule has 2 aromatic carbocycles. The number of aromatic nitrogens is 3. The smallest absolute Gasteiger partial charge is 0.255 e. The molecule has 0 unspecified atom stereocenters. The SMILES string of the molecule is COc1c(C(=O)N[C@H](CO)c2ccccc2)ccc2[nH]nc(C=Cc3cccnc3)c12. The number of aliphatic hydroxyl groups is 1. The molecule has 0 saturated carbocycles. The highest BCUT2D eigenvalue weighted by Gasteiger charge is 2.21. The van der Waals surface area contributed by atoms with Crippen LogP contribution in [-0.4, -0.2) is 39.9 Å². The molecule has 4 rings (SSSR count). The number of H-pyrrole nitrogens is 1. The van der Waals surface area contributed by atoms with Crippen LogP contribution in [0.4, 0.5) is 0 Å². The molecule has 0 fully saturated rings. The van der Waals surface area contributed by atoms with Crippen molar-refractivity contribution in [3.05, 3.63) is 89.4 Å². The number of rotatable bonds is 7. The molecule has 7 heteroatoms. The molecule has 0 saturated heterocycles. The number of pyridine rings is 1. The lowest BCUT2D eigenvalue weighted by atomic mass is 10.0. The van der Waals surface area contributed by atoms with Crippen molar-refractivity contribution in [2.24, 2.45) is 0 Å². The van der Waals surface area contributed by atoms with E-state index in [2.05, 4.69) is 20.5 Å². The molecular formula is C24H22N4O3. The Labute approximate surface area is 179 Å². The Morgan fingerprint density at radius 3 is 2.71 bits per heavy atom. The molecule has 0 spiro atoms. The van der Waals surface area contributed by atoms with E-state index in [-0.39, 0.29) is 12.5 Å². The molecule has 2 aromatic heterocycles. The van der Waals surface area contributed by atoms with Crippen molar-refractivity contribution in [2.75, 3.05) is 13.7 Å². The van der Waals surface area contributed by atoms with E-state index in [1.807, 2.05) is 54.6 Å². The number of carbonyl (C=O) groups is 1. The summed E-state index contributed by atoms with van der Waals surface area (Å²) >= 11 is 0. The first kappa shape index (κ1) is 20.3. The first-order valence-electron chi connectivity index (χ1n) is 9.81. The summed E-state index contributed by atoms with van der Waals surface area (Å²) in [5, 5.41) is 20.7. The van der Waals surface area contributed by atoms with Crippen molar-refractivity contribution in [3.8, 4) is 5.75 Å². The van der Waals surface area contributed by atoms with Crippen LogP contribution in [0.3, 0.4) is 0 Å². The molecule has 2 heterocycles. The maximum atomic E-state index is 13.1. The lowest BCUT2D eigenvalue weighted by molar-refractivity contribution is 0.0913. The summed E-state index contributed by atoms with van der Waals surface area (Å²) in [7, 11) is 1.52. The van der Waals surface area contributed by atoms with Crippen LogP contribution in [-0.2, 0) is 0 Å². The number of aromatic amines is 1. The lowest BCUT2D eigenvalue weighted by Gasteiger charge is -2.18. The van der Waals surface area contributed by atoms with Gasteiger partial charge in [-0.15, -0.1) is 0 Å². The van der Waals surface area contributed by atoms with E-state index >= 15 is 0 Å². The van der Waals surface area contributed by atoms with Gasteiger partial charge in [-0.3, -0.25) is 14.9 Å². The van der Waals surface area contributed by atoms with Crippen LogP contribution in [0.1, 0.15) is 33.2 Å². The van der Waals surface area contributed by atoms with E-state index in [9.17, 15) is 9.90 Å². The minimum atomic E-state index is -0.525. The molecular weight excluding hydrogens is 392 g/mol. The third kappa shape index (κ3) is 4.31. The van der Waals surface area contributed by atoms with E-state index in [1.54, 1.807) is 24.5 Å². The number of amides is 1. The topological polar surface area (TPSA) is 100 Å². The van der Waals surface area contributed by atoms with Crippen molar-refractivity contribution in [3.63, 3.8) is 0 Å². The van der Waals surface area contributed by atoms with E-state index in [1.165, 1.54) is 7.11 Å². The predicted octanol–water partition coefficient (Wildman–Crippen LogP) is 3.60. The number of nitrogens with zero attached hydrogens (tertiary/aromatic N) is 2. The standard InChI is InChI=1S/C24H22N4O3/c1-31-23-18(24(30)26-21(15-29)17-7-3-2-4-8-17)10-12-20-22(23)19(27-28-20)11-9-16-6-5-13-25-14-16/h2-14,21,29H,15H2,1H3,(H,26,30)(H,27,28)/t21-/m1/s1. The van der Waals surface area contributed by atoms with E-state index < -0.39 is 6.04 Å². The molecule has 156 valence electrons. The first-order valence-corrected chi connectivity index (χ1v) is 9.81. The van der Waals surface area contributed by atoms with Gasteiger partial charge in [-0.25, -0.2) is 0 Å². The summed E-state index contributed by atoms with van der Waals surface area (Å²) in [5.41, 5.74) is 3.51. The molecule has 0 radical (unpaired) electrons. The minimum Gasteiger partial charge on any atom is -0.495 e. The van der Waals surface area contributed by atoms with Crippen molar-refractivity contribution < 1.29 is 14.6 Å². The molecule has 0 aliphatic heterocycles. The fourth-order valence-electron chi connectivity index (χ4n) is 3.42. The Kier molecular flexibility index (Phi) is 6.05. The van der Waals surface area contributed by atoms with E-state index in [0.717, 1.165) is 16.6 Å². The highest BCUT2D eigenvalue weighted by Crippen LogP contribution is 2.32. The van der Waals surface area contributed by atoms with Crippen molar-refractivity contribution in [1.82, 2.24) is 20.5 Å². The fourth-order valence-corrected chi connectivity index (χ4v) is 3.42. The molecule has 4 aromatic rings. The quantitative estimate of drug-likeness (QED) is 0.429. The van der Waals surface area contributed by atoms with Gasteiger partial charge in [0.2, 0.25) is 0 Å². The van der Waals surface area contributed by atoms with Gasteiger partial charge in [0.1, 0.15) is 5.75 Å². The number of nitrogens with one attached hydrogen (secondary N) is 2. The number of fused-ring (bicyclic) bond motifs is 1. The summed E-state index contributed by atoms with van der Waals surface area (Å²) in [6.45, 7) is -0.217. The monoisotopic (exact) mass is 414 g/mol. The average Bonchev–Trinajstić information content (AvgIpc) is 3.25. The van der Waals surface area contributed by atoms with Crippen LogP contribution in [0.25, 0.3) is 23.1 Å². The summed E-state index contributed by atoms with van der Waals surface area (Å²) < 4.78 is 5.62. The molecule has 3 N–H and O–H groups in total. The largest absolute Gasteiger partial charge is 0.495 e. The van der Waals surface area contributed by atoms with Gasteiger partial charge >= 0.3 is 0 Å². The zero-order valence-corrected chi connectivity index (χ0v) is 16.9. The van der Waals surface area contributed by atoms with Crippen LogP contribution in [0.15, 0.2) is 67.0 Å². The second kappa shape index (κ2) is 9.23. The Morgan fingerprint density at radius 2 is 2.00 bits per heavy atom. The molecule has 1 atom stereocenters. The van der Waals surface area contributed by atoms with Gasteiger partial charge < -0.3 is 15.2 Å². The zero-order valence-electron chi connectivity index (χ0n) is 16.9. The van der Waals surface area contributed by atoms with Gasteiger partial charge in [0.05, 0.1) is 41.9 Å². The average molecular weight is 414 g/mol. The summed E-state index contributed by atoms with van der Waals surface area (Å²) in [6, 6.07) is 16.1. The highest BCUT2D eigenvalue weighted by atomic mass is 16.5. The third-order valence-electron chi connectivity index (χ3n) is 4.97. The second-order valence-corrected chi connectivity index (χ2v) is 6.92. The van der Waals surface area contributed by atoms with Gasteiger partial charge in [0, 0.05) is 12.4 Å². The molecule has 7 nitrogen and oxygen atoms in total. The summed E-state index contributed by atoms with van der Waals surface area (Å²) in [5.74, 6) is 0.0735. The van der Waals surface area contributed by atoms with E-state index in [0.29, 0.717) is 22.4 Å². The lowest BCUT2D eigenvalue weighted by Crippen LogP contribution is -2.31. The maximum absolute atomic E-state index is 13.1. The number of benzene rings is 2. The number of hydrogen-bond acceptors (Lipinski definition) is 5. The first-order chi connectivity index (χ1) is 15.2. The van der Waals surface area contributed by atoms with Gasteiger partial charge in [-0.2, -0.15) is 5.10 Å². The van der Waals surface area contributed by atoms with Gasteiger partial charge in [-0.05, 0) is 35.4 Å². The predicted molar refractivity (Wildman–Crippen MR) is 120 cm³/mol. The van der Waals surface area contributed by atoms with Crippen molar-refractivity contribution in [2.45, 2.75) is 6.04 Å². The van der Waals surface area contributed by atoms with Crippen LogP contribution in [0.5, 0.6) is 5.75 Å².